The zero-order valence-corrected chi connectivity index (χ0v) is 8.70. The van der Waals surface area contributed by atoms with Crippen LogP contribution in [0.5, 0.6) is 0 Å². The largest absolute Gasteiger partial charge is 0.347 e. The van der Waals surface area contributed by atoms with Gasteiger partial charge in [0.15, 0.2) is 0 Å². The second kappa shape index (κ2) is 3.80. The highest BCUT2D eigenvalue weighted by molar-refractivity contribution is 5.27. The third-order valence-electron chi connectivity index (χ3n) is 3.25. The lowest BCUT2D eigenvalue weighted by Gasteiger charge is -2.37. The predicted molar refractivity (Wildman–Crippen MR) is 56.4 cm³/mol. The lowest BCUT2D eigenvalue weighted by Crippen LogP contribution is -2.50. The number of piperidine rings is 1. The van der Waals surface area contributed by atoms with E-state index >= 15 is 0 Å². The zero-order valence-electron chi connectivity index (χ0n) is 10.7. The van der Waals surface area contributed by atoms with Gasteiger partial charge >= 0.3 is 0 Å². The van der Waals surface area contributed by atoms with Crippen molar-refractivity contribution in [2.45, 2.75) is 18.1 Å². The summed E-state index contributed by atoms with van der Waals surface area (Å²) < 4.78 is 39.3. The second-order valence-electron chi connectivity index (χ2n) is 4.15. The standard InChI is InChI=1S/C12H14FNO2/c13-10-3-1-2-9(6-10)12-4-5-14-7-11(12)15-8-16-12/h1-3,6,11,14H,4-5,7-8H2/t11-,12-/m1/s1/i8D2. The van der Waals surface area contributed by atoms with Crippen molar-refractivity contribution in [3.63, 3.8) is 0 Å². The first-order chi connectivity index (χ1) is 8.52. The van der Waals surface area contributed by atoms with Crippen LogP contribution < -0.4 is 5.32 Å². The topological polar surface area (TPSA) is 30.5 Å². The Labute approximate surface area is 96.4 Å². The van der Waals surface area contributed by atoms with E-state index in [1.807, 2.05) is 0 Å². The van der Waals surface area contributed by atoms with E-state index in [0.717, 1.165) is 0 Å². The molecule has 16 heavy (non-hydrogen) atoms. The number of ether oxygens (including phenoxy) is 2. The van der Waals surface area contributed by atoms with Gasteiger partial charge in [-0.1, -0.05) is 12.1 Å². The number of nitrogens with one attached hydrogen (secondary N) is 1. The predicted octanol–water partition coefficient (Wildman–Crippen LogP) is 1.39. The van der Waals surface area contributed by atoms with Crippen LogP contribution >= 0.6 is 0 Å². The number of rotatable bonds is 1. The quantitative estimate of drug-likeness (QED) is 0.783. The molecule has 0 aromatic heterocycles. The Bertz CT molecular complexity index is 471. The summed E-state index contributed by atoms with van der Waals surface area (Å²) in [6.45, 7) is -0.939. The van der Waals surface area contributed by atoms with Crippen molar-refractivity contribution in [3.8, 4) is 0 Å². The van der Waals surface area contributed by atoms with Gasteiger partial charge in [0.1, 0.15) is 24.3 Å². The fraction of sp³-hybridized carbons (Fsp3) is 0.500. The Kier molecular flexibility index (Phi) is 1.94. The molecule has 2 atom stereocenters. The molecule has 0 spiro atoms. The van der Waals surface area contributed by atoms with Crippen molar-refractivity contribution in [1.82, 2.24) is 5.32 Å². The maximum Gasteiger partial charge on any atom is 0.148 e. The molecule has 1 aromatic rings. The SMILES string of the molecule is [2H]C1([2H])O[C@@H]2CNCC[C@]2(c2cccc(F)c2)O1. The normalized spacial score (nSPS) is 38.7. The molecule has 2 aliphatic rings. The monoisotopic (exact) mass is 225 g/mol. The van der Waals surface area contributed by atoms with Crippen LogP contribution in [0.2, 0.25) is 0 Å². The summed E-state index contributed by atoms with van der Waals surface area (Å²) in [7, 11) is 0. The highest BCUT2D eigenvalue weighted by atomic mass is 19.1. The van der Waals surface area contributed by atoms with Gasteiger partial charge < -0.3 is 14.8 Å². The summed E-state index contributed by atoms with van der Waals surface area (Å²) in [5.74, 6) is -0.352. The van der Waals surface area contributed by atoms with Gasteiger partial charge in [0.25, 0.3) is 0 Å². The molecule has 0 saturated carbocycles. The van der Waals surface area contributed by atoms with E-state index in [4.69, 9.17) is 12.2 Å². The van der Waals surface area contributed by atoms with Gasteiger partial charge in [0, 0.05) is 6.54 Å². The molecule has 1 aromatic carbocycles. The number of benzene rings is 1. The van der Waals surface area contributed by atoms with E-state index in [2.05, 4.69) is 5.32 Å². The molecule has 3 rings (SSSR count). The number of hydrogen-bond acceptors (Lipinski definition) is 3. The molecular weight excluding hydrogens is 209 g/mol. The molecule has 2 heterocycles. The minimum absolute atomic E-state index is 0.352. The first-order valence-electron chi connectivity index (χ1n) is 6.37. The maximum atomic E-state index is 13.4. The number of halogens is 1. The van der Waals surface area contributed by atoms with E-state index in [9.17, 15) is 4.39 Å². The van der Waals surface area contributed by atoms with Crippen LogP contribution in [0, 0.1) is 5.82 Å². The number of fused-ring (bicyclic) bond motifs is 1. The van der Waals surface area contributed by atoms with Crippen molar-refractivity contribution < 1.29 is 16.6 Å². The minimum atomic E-state index is -2.12. The Morgan fingerprint density at radius 1 is 1.56 bits per heavy atom. The van der Waals surface area contributed by atoms with Crippen molar-refractivity contribution in [1.29, 1.82) is 0 Å². The Morgan fingerprint density at radius 3 is 3.38 bits per heavy atom. The molecule has 0 amide bonds. The molecule has 0 unspecified atom stereocenters. The summed E-state index contributed by atoms with van der Waals surface area (Å²) in [6, 6.07) is 6.12. The Hall–Kier alpha value is -0.970. The Balaban J connectivity index is 2.05. The van der Waals surface area contributed by atoms with Crippen molar-refractivity contribution in [3.05, 3.63) is 35.6 Å². The highest BCUT2D eigenvalue weighted by Gasteiger charge is 2.48. The molecule has 3 nitrogen and oxygen atoms in total. The van der Waals surface area contributed by atoms with Gasteiger partial charge in [-0.05, 0) is 30.7 Å². The fourth-order valence-electron chi connectivity index (χ4n) is 2.38. The lowest BCUT2D eigenvalue weighted by molar-refractivity contribution is -0.0269. The van der Waals surface area contributed by atoms with Crippen LogP contribution in [-0.4, -0.2) is 25.9 Å². The van der Waals surface area contributed by atoms with Crippen molar-refractivity contribution in [2.24, 2.45) is 0 Å². The molecule has 0 aliphatic carbocycles. The molecule has 86 valence electrons. The number of hydrogen-bond donors (Lipinski definition) is 1. The summed E-state index contributed by atoms with van der Waals surface area (Å²) in [5, 5.41) is 3.14. The van der Waals surface area contributed by atoms with Crippen molar-refractivity contribution in [2.75, 3.05) is 19.8 Å². The molecule has 2 fully saturated rings. The van der Waals surface area contributed by atoms with E-state index in [0.29, 0.717) is 25.1 Å². The van der Waals surface area contributed by atoms with Crippen molar-refractivity contribution >= 4 is 0 Å². The molecule has 4 heteroatoms. The summed E-state index contributed by atoms with van der Waals surface area (Å²) in [5.41, 5.74) is -0.257. The molecule has 2 saturated heterocycles. The first-order valence-corrected chi connectivity index (χ1v) is 5.37. The third kappa shape index (κ3) is 1.45. The van der Waals surface area contributed by atoms with Gasteiger partial charge in [-0.15, -0.1) is 0 Å². The molecular formula is C12H14FNO2. The zero-order chi connectivity index (χ0) is 12.8. The van der Waals surface area contributed by atoms with Crippen LogP contribution in [0.25, 0.3) is 0 Å². The van der Waals surface area contributed by atoms with Gasteiger partial charge in [0.2, 0.25) is 0 Å². The van der Waals surface area contributed by atoms with Crippen LogP contribution in [0.15, 0.2) is 24.3 Å². The van der Waals surface area contributed by atoms with Gasteiger partial charge in [0.05, 0.1) is 2.74 Å². The fourth-order valence-corrected chi connectivity index (χ4v) is 2.38. The van der Waals surface area contributed by atoms with Gasteiger partial charge in [-0.2, -0.15) is 0 Å². The third-order valence-corrected chi connectivity index (χ3v) is 3.25. The minimum Gasteiger partial charge on any atom is -0.347 e. The summed E-state index contributed by atoms with van der Waals surface area (Å²) in [4.78, 5) is 0. The average Bonchev–Trinajstić information content (AvgIpc) is 2.60. The van der Waals surface area contributed by atoms with Crippen LogP contribution in [0.3, 0.4) is 0 Å². The van der Waals surface area contributed by atoms with Crippen LogP contribution in [0.1, 0.15) is 14.7 Å². The summed E-state index contributed by atoms with van der Waals surface area (Å²) >= 11 is 0. The first kappa shape index (κ1) is 8.17. The van der Waals surface area contributed by atoms with Gasteiger partial charge in [-0.25, -0.2) is 4.39 Å². The lowest BCUT2D eigenvalue weighted by atomic mass is 9.83. The average molecular weight is 225 g/mol. The van der Waals surface area contributed by atoms with Crippen LogP contribution in [0.4, 0.5) is 4.39 Å². The van der Waals surface area contributed by atoms with E-state index < -0.39 is 18.5 Å². The molecule has 2 aliphatic heterocycles. The molecule has 0 radical (unpaired) electrons. The molecule has 0 bridgehead atoms. The van der Waals surface area contributed by atoms with E-state index in [-0.39, 0.29) is 5.82 Å². The van der Waals surface area contributed by atoms with E-state index in [1.54, 1.807) is 12.1 Å². The second-order valence-corrected chi connectivity index (χ2v) is 4.15. The van der Waals surface area contributed by atoms with Gasteiger partial charge in [-0.3, -0.25) is 0 Å². The molecule has 1 N–H and O–H groups in total. The maximum absolute atomic E-state index is 13.4. The summed E-state index contributed by atoms with van der Waals surface area (Å²) in [6.07, 6.45) is 0.115. The van der Waals surface area contributed by atoms with Crippen LogP contribution in [-0.2, 0) is 15.1 Å². The van der Waals surface area contributed by atoms with E-state index in [1.165, 1.54) is 12.1 Å². The Morgan fingerprint density at radius 2 is 2.50 bits per heavy atom. The smallest absolute Gasteiger partial charge is 0.148 e. The highest BCUT2D eigenvalue weighted by Crippen LogP contribution is 2.40.